The lowest BCUT2D eigenvalue weighted by molar-refractivity contribution is -0.139. The van der Waals surface area contributed by atoms with Gasteiger partial charge >= 0.3 is 5.97 Å². The minimum Gasteiger partial charge on any atom is -0.469 e. The number of carbonyl (C=O) groups is 1. The Balaban J connectivity index is 2.32. The lowest BCUT2D eigenvalue weighted by atomic mass is 10.0. The van der Waals surface area contributed by atoms with Gasteiger partial charge in [-0.1, -0.05) is 30.2 Å². The third kappa shape index (κ3) is 3.88. The Morgan fingerprint density at radius 2 is 2.00 bits per heavy atom. The van der Waals surface area contributed by atoms with Gasteiger partial charge < -0.3 is 4.74 Å². The van der Waals surface area contributed by atoms with Crippen molar-refractivity contribution >= 4 is 46.9 Å². The Labute approximate surface area is 128 Å². The van der Waals surface area contributed by atoms with Crippen LogP contribution in [0.15, 0.2) is 36.4 Å². The van der Waals surface area contributed by atoms with E-state index in [0.717, 1.165) is 21.9 Å². The van der Waals surface area contributed by atoms with Crippen molar-refractivity contribution in [3.8, 4) is 11.2 Å². The number of fused-ring (bicyclic) bond motifs is 1. The molecular formula is C15H11IO2S. The van der Waals surface area contributed by atoms with E-state index < -0.39 is 0 Å². The molecule has 0 aromatic heterocycles. The molecule has 19 heavy (non-hydrogen) atoms. The summed E-state index contributed by atoms with van der Waals surface area (Å²) in [7, 11) is 2.87. The summed E-state index contributed by atoms with van der Waals surface area (Å²) < 4.78 is 4.67. The van der Waals surface area contributed by atoms with Gasteiger partial charge in [-0.05, 0) is 42.7 Å². The quantitative estimate of drug-likeness (QED) is 0.447. The lowest BCUT2D eigenvalue weighted by Crippen LogP contribution is -2.04. The summed E-state index contributed by atoms with van der Waals surface area (Å²) >= 11 is 2.15. The Morgan fingerprint density at radius 3 is 2.74 bits per heavy atom. The van der Waals surface area contributed by atoms with Crippen LogP contribution < -0.4 is 0 Å². The molecule has 2 aromatic rings. The van der Waals surface area contributed by atoms with Crippen LogP contribution in [-0.2, 0) is 16.0 Å². The fourth-order valence-electron chi connectivity index (χ4n) is 1.80. The minimum absolute atomic E-state index is 0.221. The van der Waals surface area contributed by atoms with E-state index in [4.69, 9.17) is 0 Å². The highest BCUT2D eigenvalue weighted by Crippen LogP contribution is 2.18. The summed E-state index contributed by atoms with van der Waals surface area (Å²) in [5.41, 5.74) is 1.96. The third-order valence-corrected chi connectivity index (χ3v) is 3.55. The second-order valence-corrected chi connectivity index (χ2v) is 5.63. The van der Waals surface area contributed by atoms with Crippen molar-refractivity contribution in [2.45, 2.75) is 6.42 Å². The Kier molecular flexibility index (Phi) is 5.11. The standard InChI is InChI=1S/C15H11IO2S/c1-18-15(17)10-12-3-5-13-8-11(6-7-19-16)2-4-14(13)9-12/h2-5,8-9H,10H2,1H3. The molecule has 0 aliphatic rings. The Morgan fingerprint density at radius 1 is 1.26 bits per heavy atom. The molecule has 0 atom stereocenters. The number of hydrogen-bond donors (Lipinski definition) is 0. The highest BCUT2D eigenvalue weighted by molar-refractivity contribution is 14.2. The van der Waals surface area contributed by atoms with Crippen molar-refractivity contribution in [2.75, 3.05) is 7.11 Å². The van der Waals surface area contributed by atoms with Crippen LogP contribution >= 0.6 is 30.1 Å². The zero-order valence-corrected chi connectivity index (χ0v) is 13.2. The first-order chi connectivity index (χ1) is 9.22. The summed E-state index contributed by atoms with van der Waals surface area (Å²) in [5.74, 6) is 2.85. The van der Waals surface area contributed by atoms with Crippen LogP contribution in [0.5, 0.6) is 0 Å². The predicted octanol–water partition coefficient (Wildman–Crippen LogP) is 3.95. The Hall–Kier alpha value is -1.19. The summed E-state index contributed by atoms with van der Waals surface area (Å²) in [6.45, 7) is 0. The molecule has 0 aliphatic carbocycles. The second kappa shape index (κ2) is 6.83. The maximum absolute atomic E-state index is 11.2. The molecule has 4 heteroatoms. The van der Waals surface area contributed by atoms with E-state index in [9.17, 15) is 4.79 Å². The van der Waals surface area contributed by atoms with E-state index >= 15 is 0 Å². The van der Waals surface area contributed by atoms with E-state index in [1.165, 1.54) is 16.0 Å². The predicted molar refractivity (Wildman–Crippen MR) is 88.2 cm³/mol. The topological polar surface area (TPSA) is 26.3 Å². The number of carbonyl (C=O) groups excluding carboxylic acids is 1. The average molecular weight is 382 g/mol. The van der Waals surface area contributed by atoms with Crippen molar-refractivity contribution in [3.05, 3.63) is 47.5 Å². The van der Waals surface area contributed by atoms with E-state index in [-0.39, 0.29) is 5.97 Å². The van der Waals surface area contributed by atoms with Gasteiger partial charge in [0.2, 0.25) is 0 Å². The summed E-state index contributed by atoms with van der Waals surface area (Å²) in [6, 6.07) is 12.0. The first-order valence-corrected chi connectivity index (χ1v) is 8.97. The monoisotopic (exact) mass is 382 g/mol. The SMILES string of the molecule is COC(=O)Cc1ccc2cc(C#CSI)ccc2c1. The number of esters is 1. The van der Waals surface area contributed by atoms with E-state index in [0.29, 0.717) is 6.42 Å². The normalized spacial score (nSPS) is 9.79. The molecule has 2 aromatic carbocycles. The van der Waals surface area contributed by atoms with Gasteiger partial charge in [0.15, 0.2) is 0 Å². The van der Waals surface area contributed by atoms with Gasteiger partial charge in [0.25, 0.3) is 0 Å². The highest BCUT2D eigenvalue weighted by atomic mass is 127. The summed E-state index contributed by atoms with van der Waals surface area (Å²) in [4.78, 5) is 11.2. The van der Waals surface area contributed by atoms with Gasteiger partial charge in [-0.2, -0.15) is 0 Å². The molecule has 0 unspecified atom stereocenters. The van der Waals surface area contributed by atoms with Crippen LogP contribution in [-0.4, -0.2) is 13.1 Å². The fraction of sp³-hybridized carbons (Fsp3) is 0.133. The molecule has 2 rings (SSSR count). The highest BCUT2D eigenvalue weighted by Gasteiger charge is 2.03. The molecule has 0 amide bonds. The van der Waals surface area contributed by atoms with Crippen LogP contribution in [0.1, 0.15) is 11.1 Å². The maximum atomic E-state index is 11.2. The van der Waals surface area contributed by atoms with Crippen molar-refractivity contribution in [3.63, 3.8) is 0 Å². The molecule has 0 bridgehead atoms. The molecule has 0 N–H and O–H groups in total. The second-order valence-electron chi connectivity index (χ2n) is 3.95. The summed E-state index contributed by atoms with van der Waals surface area (Å²) in [5, 5.41) is 5.20. The zero-order valence-electron chi connectivity index (χ0n) is 10.3. The molecule has 0 saturated carbocycles. The van der Waals surface area contributed by atoms with Crippen LogP contribution in [0, 0.1) is 11.2 Å². The van der Waals surface area contributed by atoms with Crippen molar-refractivity contribution in [2.24, 2.45) is 0 Å². The molecule has 0 aliphatic heterocycles. The van der Waals surface area contributed by atoms with Crippen LogP contribution in [0.2, 0.25) is 0 Å². The zero-order chi connectivity index (χ0) is 13.7. The molecule has 96 valence electrons. The van der Waals surface area contributed by atoms with Crippen LogP contribution in [0.4, 0.5) is 0 Å². The average Bonchev–Trinajstić information content (AvgIpc) is 2.44. The molecule has 0 spiro atoms. The molecule has 0 saturated heterocycles. The number of ether oxygens (including phenoxy) is 1. The largest absolute Gasteiger partial charge is 0.469 e. The van der Waals surface area contributed by atoms with Crippen molar-refractivity contribution in [1.82, 2.24) is 0 Å². The molecule has 2 nitrogen and oxygen atoms in total. The smallest absolute Gasteiger partial charge is 0.309 e. The van der Waals surface area contributed by atoms with Gasteiger partial charge in [-0.3, -0.25) is 4.79 Å². The molecular weight excluding hydrogens is 371 g/mol. The number of hydrogen-bond acceptors (Lipinski definition) is 3. The lowest BCUT2D eigenvalue weighted by Gasteiger charge is -2.03. The van der Waals surface area contributed by atoms with E-state index in [2.05, 4.69) is 43.2 Å². The molecule has 0 heterocycles. The molecule has 0 radical (unpaired) electrons. The first kappa shape index (κ1) is 14.2. The van der Waals surface area contributed by atoms with Gasteiger partial charge in [0, 0.05) is 26.8 Å². The van der Waals surface area contributed by atoms with Gasteiger partial charge in [0.1, 0.15) is 0 Å². The number of benzene rings is 2. The van der Waals surface area contributed by atoms with E-state index in [1.54, 1.807) is 0 Å². The number of methoxy groups -OCH3 is 1. The van der Waals surface area contributed by atoms with Crippen LogP contribution in [0.25, 0.3) is 10.8 Å². The van der Waals surface area contributed by atoms with Gasteiger partial charge in [-0.15, -0.1) is 0 Å². The van der Waals surface area contributed by atoms with Crippen LogP contribution in [0.3, 0.4) is 0 Å². The summed E-state index contributed by atoms with van der Waals surface area (Å²) in [6.07, 6.45) is 0.305. The Bertz CT molecular complexity index is 671. The van der Waals surface area contributed by atoms with E-state index in [1.807, 2.05) is 30.3 Å². The van der Waals surface area contributed by atoms with Gasteiger partial charge in [0.05, 0.1) is 13.5 Å². The third-order valence-electron chi connectivity index (χ3n) is 2.71. The molecule has 0 fully saturated rings. The maximum Gasteiger partial charge on any atom is 0.309 e. The fourth-order valence-corrected chi connectivity index (χ4v) is 2.29. The van der Waals surface area contributed by atoms with Crippen molar-refractivity contribution < 1.29 is 9.53 Å². The number of halogens is 1. The first-order valence-electron chi connectivity index (χ1n) is 5.61. The number of rotatable bonds is 2. The minimum atomic E-state index is -0.221. The van der Waals surface area contributed by atoms with Crippen molar-refractivity contribution in [1.29, 1.82) is 0 Å². The van der Waals surface area contributed by atoms with Gasteiger partial charge in [-0.25, -0.2) is 0 Å².